The molecule has 2 aromatic rings. The number of nitrogens with zero attached hydrogens (tertiary/aromatic N) is 4. The minimum atomic E-state index is -0.443. The SMILES string of the molecule is CC(=O)N(CCN1CCOCC1)CC(=O)N1N=C(c2ccc(F)cc2)C[C@@H]1c1ccc(F)cc1. The quantitative estimate of drug-likeness (QED) is 0.624. The number of carbonyl (C=O) groups is 2. The van der Waals surface area contributed by atoms with Gasteiger partial charge in [-0.25, -0.2) is 13.8 Å². The summed E-state index contributed by atoms with van der Waals surface area (Å²) in [6.07, 6.45) is 0.400. The van der Waals surface area contributed by atoms with Gasteiger partial charge in [0, 0.05) is 39.5 Å². The number of ether oxygens (including phenoxy) is 1. The molecule has 0 bridgehead atoms. The lowest BCUT2D eigenvalue weighted by atomic mass is 9.98. The van der Waals surface area contributed by atoms with E-state index in [-0.39, 0.29) is 30.0 Å². The molecule has 0 radical (unpaired) electrons. The van der Waals surface area contributed by atoms with Gasteiger partial charge in [-0.3, -0.25) is 14.5 Å². The topological polar surface area (TPSA) is 65.5 Å². The van der Waals surface area contributed by atoms with Gasteiger partial charge in [0.1, 0.15) is 18.2 Å². The summed E-state index contributed by atoms with van der Waals surface area (Å²) < 4.78 is 32.3. The lowest BCUT2D eigenvalue weighted by molar-refractivity contribution is -0.140. The second kappa shape index (κ2) is 10.8. The Morgan fingerprint density at radius 2 is 1.65 bits per heavy atom. The fourth-order valence-electron chi connectivity index (χ4n) is 4.17. The molecule has 0 spiro atoms. The van der Waals surface area contributed by atoms with Gasteiger partial charge in [-0.15, -0.1) is 0 Å². The molecule has 0 saturated carbocycles. The molecule has 1 saturated heterocycles. The van der Waals surface area contributed by atoms with Gasteiger partial charge in [-0.1, -0.05) is 24.3 Å². The van der Waals surface area contributed by atoms with E-state index in [0.29, 0.717) is 44.0 Å². The summed E-state index contributed by atoms with van der Waals surface area (Å²) >= 11 is 0. The summed E-state index contributed by atoms with van der Waals surface area (Å²) in [5, 5.41) is 5.92. The Bertz CT molecular complexity index is 1040. The van der Waals surface area contributed by atoms with E-state index in [1.807, 2.05) is 0 Å². The number of benzene rings is 2. The Labute approximate surface area is 197 Å². The minimum absolute atomic E-state index is 0.114. The molecule has 7 nitrogen and oxygen atoms in total. The number of halogens is 2. The van der Waals surface area contributed by atoms with Crippen molar-refractivity contribution in [2.75, 3.05) is 45.9 Å². The van der Waals surface area contributed by atoms with E-state index < -0.39 is 6.04 Å². The molecule has 1 fully saturated rings. The number of morpholine rings is 1. The molecule has 2 aliphatic heterocycles. The van der Waals surface area contributed by atoms with Crippen LogP contribution in [-0.2, 0) is 14.3 Å². The van der Waals surface area contributed by atoms with Crippen molar-refractivity contribution in [3.8, 4) is 0 Å². The number of carbonyl (C=O) groups excluding carboxylic acids is 2. The number of amides is 2. The molecule has 9 heteroatoms. The van der Waals surface area contributed by atoms with Crippen molar-refractivity contribution in [3.63, 3.8) is 0 Å². The molecule has 0 aliphatic carbocycles. The van der Waals surface area contributed by atoms with Crippen LogP contribution >= 0.6 is 0 Å². The number of hydrazone groups is 1. The first-order valence-electron chi connectivity index (χ1n) is 11.4. The summed E-state index contributed by atoms with van der Waals surface area (Å²) in [6, 6.07) is 11.4. The van der Waals surface area contributed by atoms with E-state index >= 15 is 0 Å². The van der Waals surface area contributed by atoms with Crippen LogP contribution in [0, 0.1) is 11.6 Å². The Balaban J connectivity index is 1.52. The fourth-order valence-corrected chi connectivity index (χ4v) is 4.17. The van der Waals surface area contributed by atoms with Crippen LogP contribution in [0.15, 0.2) is 53.6 Å². The Hall–Kier alpha value is -3.17. The zero-order valence-electron chi connectivity index (χ0n) is 19.1. The molecular weight excluding hydrogens is 442 g/mol. The highest BCUT2D eigenvalue weighted by Gasteiger charge is 2.34. The molecule has 2 aromatic carbocycles. The van der Waals surface area contributed by atoms with Gasteiger partial charge < -0.3 is 9.64 Å². The first-order chi connectivity index (χ1) is 16.4. The summed E-state index contributed by atoms with van der Waals surface area (Å²) in [6.45, 7) is 5.32. The van der Waals surface area contributed by atoms with Gasteiger partial charge >= 0.3 is 0 Å². The molecule has 0 unspecified atom stereocenters. The first kappa shape index (κ1) is 24.0. The lowest BCUT2D eigenvalue weighted by Gasteiger charge is -2.30. The van der Waals surface area contributed by atoms with Crippen LogP contribution in [0.2, 0.25) is 0 Å². The minimum Gasteiger partial charge on any atom is -0.379 e. The highest BCUT2D eigenvalue weighted by Crippen LogP contribution is 2.33. The van der Waals surface area contributed by atoms with E-state index in [1.165, 1.54) is 41.1 Å². The van der Waals surface area contributed by atoms with Crippen LogP contribution in [0.25, 0.3) is 0 Å². The van der Waals surface area contributed by atoms with Crippen LogP contribution < -0.4 is 0 Å². The van der Waals surface area contributed by atoms with Gasteiger partial charge in [-0.2, -0.15) is 5.10 Å². The standard InChI is InChI=1S/C25H28F2N4O3/c1-18(32)30(11-10-29-12-14-34-15-13-29)17-25(33)31-24(20-4-8-22(27)9-5-20)16-23(28-31)19-2-6-21(26)7-3-19/h2-9,24H,10-17H2,1H3/t24-/m1/s1. The summed E-state index contributed by atoms with van der Waals surface area (Å²) in [7, 11) is 0. The molecular formula is C25H28F2N4O3. The number of rotatable bonds is 7. The molecule has 0 aromatic heterocycles. The second-order valence-corrected chi connectivity index (χ2v) is 8.46. The average Bonchev–Trinajstić information content (AvgIpc) is 3.28. The Morgan fingerprint density at radius 3 is 2.26 bits per heavy atom. The fraction of sp³-hybridized carbons (Fsp3) is 0.400. The molecule has 1 atom stereocenters. The van der Waals surface area contributed by atoms with Gasteiger partial charge in [0.05, 0.1) is 25.0 Å². The number of hydrogen-bond donors (Lipinski definition) is 0. The molecule has 2 amide bonds. The predicted octanol–water partition coefficient (Wildman–Crippen LogP) is 2.82. The van der Waals surface area contributed by atoms with E-state index in [2.05, 4.69) is 10.0 Å². The summed E-state index contributed by atoms with van der Waals surface area (Å²) in [4.78, 5) is 29.3. The van der Waals surface area contributed by atoms with Gasteiger partial charge in [-0.05, 0) is 35.4 Å². The van der Waals surface area contributed by atoms with E-state index in [1.54, 1.807) is 24.3 Å². The Kier molecular flexibility index (Phi) is 7.64. The van der Waals surface area contributed by atoms with Gasteiger partial charge in [0.15, 0.2) is 0 Å². The zero-order valence-corrected chi connectivity index (χ0v) is 19.1. The third kappa shape index (κ3) is 5.84. The van der Waals surface area contributed by atoms with E-state index in [9.17, 15) is 18.4 Å². The normalized spacial score (nSPS) is 18.6. The van der Waals surface area contributed by atoms with Crippen LogP contribution in [0.3, 0.4) is 0 Å². The van der Waals surface area contributed by atoms with Crippen molar-refractivity contribution in [2.45, 2.75) is 19.4 Å². The highest BCUT2D eigenvalue weighted by molar-refractivity contribution is 6.03. The predicted molar refractivity (Wildman–Crippen MR) is 123 cm³/mol. The number of hydrogen-bond acceptors (Lipinski definition) is 5. The Morgan fingerprint density at radius 1 is 1.03 bits per heavy atom. The largest absolute Gasteiger partial charge is 0.379 e. The van der Waals surface area contributed by atoms with Crippen molar-refractivity contribution in [1.82, 2.24) is 14.8 Å². The molecule has 2 heterocycles. The van der Waals surface area contributed by atoms with Crippen molar-refractivity contribution in [2.24, 2.45) is 5.10 Å². The maximum absolute atomic E-state index is 13.5. The summed E-state index contributed by atoms with van der Waals surface area (Å²) in [5.41, 5.74) is 2.07. The smallest absolute Gasteiger partial charge is 0.262 e. The highest BCUT2D eigenvalue weighted by atomic mass is 19.1. The van der Waals surface area contributed by atoms with E-state index in [0.717, 1.165) is 18.7 Å². The van der Waals surface area contributed by atoms with Gasteiger partial charge in [0.2, 0.25) is 5.91 Å². The molecule has 4 rings (SSSR count). The third-order valence-electron chi connectivity index (χ3n) is 6.16. The maximum atomic E-state index is 13.5. The first-order valence-corrected chi connectivity index (χ1v) is 11.4. The average molecular weight is 471 g/mol. The van der Waals surface area contributed by atoms with Crippen molar-refractivity contribution in [3.05, 3.63) is 71.3 Å². The van der Waals surface area contributed by atoms with E-state index in [4.69, 9.17) is 4.74 Å². The van der Waals surface area contributed by atoms with Crippen LogP contribution in [0.5, 0.6) is 0 Å². The van der Waals surface area contributed by atoms with Gasteiger partial charge in [0.25, 0.3) is 5.91 Å². The van der Waals surface area contributed by atoms with Crippen molar-refractivity contribution in [1.29, 1.82) is 0 Å². The molecule has 34 heavy (non-hydrogen) atoms. The van der Waals surface area contributed by atoms with Crippen molar-refractivity contribution >= 4 is 17.5 Å². The second-order valence-electron chi connectivity index (χ2n) is 8.46. The maximum Gasteiger partial charge on any atom is 0.262 e. The van der Waals surface area contributed by atoms with Crippen LogP contribution in [-0.4, -0.2) is 78.3 Å². The summed E-state index contributed by atoms with van der Waals surface area (Å²) in [5.74, 6) is -1.25. The molecule has 0 N–H and O–H groups in total. The monoisotopic (exact) mass is 470 g/mol. The molecule has 180 valence electrons. The van der Waals surface area contributed by atoms with Crippen LogP contribution in [0.4, 0.5) is 8.78 Å². The zero-order chi connectivity index (χ0) is 24.1. The van der Waals surface area contributed by atoms with Crippen molar-refractivity contribution < 1.29 is 23.1 Å². The van der Waals surface area contributed by atoms with Crippen LogP contribution in [0.1, 0.15) is 30.5 Å². The third-order valence-corrected chi connectivity index (χ3v) is 6.16. The molecule has 2 aliphatic rings. The lowest BCUT2D eigenvalue weighted by Crippen LogP contribution is -2.45.